The molecule has 0 spiro atoms. The van der Waals surface area contributed by atoms with Gasteiger partial charge in [0.25, 0.3) is 0 Å². The molecule has 2 aromatic heterocycles. The number of morpholine rings is 1. The average molecular weight is 233 g/mol. The Morgan fingerprint density at radius 2 is 2.41 bits per heavy atom. The van der Waals surface area contributed by atoms with Crippen molar-refractivity contribution in [2.24, 2.45) is 5.73 Å². The van der Waals surface area contributed by atoms with Gasteiger partial charge >= 0.3 is 0 Å². The van der Waals surface area contributed by atoms with E-state index < -0.39 is 0 Å². The molecule has 0 saturated carbocycles. The minimum Gasteiger partial charge on any atom is -0.377 e. The molecule has 0 radical (unpaired) electrons. The van der Waals surface area contributed by atoms with Crippen LogP contribution in [0.3, 0.4) is 0 Å². The molecule has 0 aliphatic carbocycles. The Morgan fingerprint density at radius 1 is 1.47 bits per heavy atom. The summed E-state index contributed by atoms with van der Waals surface area (Å²) in [6.45, 7) is 2.80. The van der Waals surface area contributed by atoms with E-state index >= 15 is 0 Å². The number of anilines is 1. The fourth-order valence-electron chi connectivity index (χ4n) is 2.11. The molecule has 1 atom stereocenters. The van der Waals surface area contributed by atoms with Gasteiger partial charge in [0.2, 0.25) is 0 Å². The molecule has 90 valence electrons. The van der Waals surface area contributed by atoms with E-state index in [0.29, 0.717) is 13.2 Å². The molecule has 1 fully saturated rings. The maximum absolute atomic E-state index is 5.76. The summed E-state index contributed by atoms with van der Waals surface area (Å²) in [5.41, 5.74) is 6.61. The Hall–Kier alpha value is -1.66. The average Bonchev–Trinajstić information content (AvgIpc) is 2.85. The van der Waals surface area contributed by atoms with Crippen molar-refractivity contribution in [2.45, 2.75) is 6.04 Å². The lowest BCUT2D eigenvalue weighted by atomic mass is 10.2. The van der Waals surface area contributed by atoms with E-state index in [1.807, 2.05) is 18.3 Å². The number of fused-ring (bicyclic) bond motifs is 1. The third-order valence-electron chi connectivity index (χ3n) is 3.04. The van der Waals surface area contributed by atoms with E-state index in [-0.39, 0.29) is 6.04 Å². The van der Waals surface area contributed by atoms with Crippen molar-refractivity contribution in [1.29, 1.82) is 0 Å². The van der Waals surface area contributed by atoms with Crippen molar-refractivity contribution in [3.63, 3.8) is 0 Å². The Bertz CT molecular complexity index is 511. The number of nitrogens with zero attached hydrogens (tertiary/aromatic N) is 4. The fourth-order valence-corrected chi connectivity index (χ4v) is 2.11. The summed E-state index contributed by atoms with van der Waals surface area (Å²) in [6.07, 6.45) is 3.66. The first-order valence-corrected chi connectivity index (χ1v) is 5.73. The number of nitrogens with two attached hydrogens (primary N) is 1. The van der Waals surface area contributed by atoms with E-state index in [2.05, 4.69) is 15.0 Å². The van der Waals surface area contributed by atoms with Crippen LogP contribution in [0, 0.1) is 0 Å². The summed E-state index contributed by atoms with van der Waals surface area (Å²) in [7, 11) is 0. The standard InChI is InChI=1S/C11H15N5O/c12-7-9-8-17-6-5-15(9)10-2-4-16-11(14-10)1-3-13-16/h1-4,9H,5-8,12H2. The quantitative estimate of drug-likeness (QED) is 0.784. The Kier molecular flexibility index (Phi) is 2.66. The van der Waals surface area contributed by atoms with E-state index in [1.165, 1.54) is 0 Å². The van der Waals surface area contributed by atoms with Crippen LogP contribution in [-0.4, -0.2) is 46.9 Å². The molecule has 1 aliphatic heterocycles. The summed E-state index contributed by atoms with van der Waals surface area (Å²) < 4.78 is 7.18. The topological polar surface area (TPSA) is 68.7 Å². The highest BCUT2D eigenvalue weighted by atomic mass is 16.5. The van der Waals surface area contributed by atoms with E-state index in [0.717, 1.165) is 24.6 Å². The van der Waals surface area contributed by atoms with Crippen LogP contribution in [0.25, 0.3) is 5.65 Å². The molecule has 0 aromatic carbocycles. The van der Waals surface area contributed by atoms with E-state index in [4.69, 9.17) is 10.5 Å². The van der Waals surface area contributed by atoms with Crippen LogP contribution in [-0.2, 0) is 4.74 Å². The smallest absolute Gasteiger partial charge is 0.157 e. The van der Waals surface area contributed by atoms with Crippen LogP contribution in [0.15, 0.2) is 24.5 Å². The first-order chi connectivity index (χ1) is 8.38. The zero-order valence-electron chi connectivity index (χ0n) is 9.49. The van der Waals surface area contributed by atoms with E-state index in [9.17, 15) is 0 Å². The molecular formula is C11H15N5O. The normalized spacial score (nSPS) is 21.0. The van der Waals surface area contributed by atoms with Gasteiger partial charge in [0.05, 0.1) is 25.5 Å². The Balaban J connectivity index is 1.95. The molecule has 3 heterocycles. The Morgan fingerprint density at radius 3 is 3.29 bits per heavy atom. The number of hydrogen-bond acceptors (Lipinski definition) is 5. The minimum atomic E-state index is 0.210. The highest BCUT2D eigenvalue weighted by Crippen LogP contribution is 2.17. The van der Waals surface area contributed by atoms with Gasteiger partial charge in [0, 0.05) is 25.4 Å². The first-order valence-electron chi connectivity index (χ1n) is 5.73. The second-order valence-corrected chi connectivity index (χ2v) is 4.08. The maximum Gasteiger partial charge on any atom is 0.157 e. The lowest BCUT2D eigenvalue weighted by Gasteiger charge is -2.35. The first kappa shape index (κ1) is 10.5. The van der Waals surface area contributed by atoms with Crippen LogP contribution in [0.2, 0.25) is 0 Å². The summed E-state index contributed by atoms with van der Waals surface area (Å²) in [5.74, 6) is 0.941. The SMILES string of the molecule is NCC1COCCN1c1ccn2nccc2n1. The molecule has 1 aliphatic rings. The number of rotatable bonds is 2. The second-order valence-electron chi connectivity index (χ2n) is 4.08. The van der Waals surface area contributed by atoms with Crippen molar-refractivity contribution in [3.05, 3.63) is 24.5 Å². The molecule has 3 rings (SSSR count). The predicted molar refractivity (Wildman–Crippen MR) is 64.0 cm³/mol. The van der Waals surface area contributed by atoms with Crippen LogP contribution in [0.4, 0.5) is 5.82 Å². The van der Waals surface area contributed by atoms with Gasteiger partial charge in [-0.15, -0.1) is 0 Å². The second kappa shape index (κ2) is 4.31. The van der Waals surface area contributed by atoms with Crippen molar-refractivity contribution in [3.8, 4) is 0 Å². The summed E-state index contributed by atoms with van der Waals surface area (Å²) in [6, 6.07) is 4.07. The van der Waals surface area contributed by atoms with Crippen LogP contribution in [0.5, 0.6) is 0 Å². The highest BCUT2D eigenvalue weighted by molar-refractivity contribution is 5.48. The van der Waals surface area contributed by atoms with Crippen molar-refractivity contribution >= 4 is 11.5 Å². The van der Waals surface area contributed by atoms with Gasteiger partial charge in [-0.05, 0) is 6.07 Å². The molecule has 1 unspecified atom stereocenters. The largest absolute Gasteiger partial charge is 0.377 e. The van der Waals surface area contributed by atoms with Gasteiger partial charge in [-0.25, -0.2) is 9.50 Å². The van der Waals surface area contributed by atoms with Crippen molar-refractivity contribution in [2.75, 3.05) is 31.2 Å². The van der Waals surface area contributed by atoms with Gasteiger partial charge in [-0.3, -0.25) is 0 Å². The summed E-state index contributed by atoms with van der Waals surface area (Å²) in [4.78, 5) is 6.78. The summed E-state index contributed by atoms with van der Waals surface area (Å²) >= 11 is 0. The van der Waals surface area contributed by atoms with Gasteiger partial charge in [0.1, 0.15) is 5.82 Å². The zero-order chi connectivity index (χ0) is 11.7. The van der Waals surface area contributed by atoms with Crippen LogP contribution < -0.4 is 10.6 Å². The lowest BCUT2D eigenvalue weighted by molar-refractivity contribution is 0.0958. The van der Waals surface area contributed by atoms with Gasteiger partial charge in [-0.1, -0.05) is 0 Å². The van der Waals surface area contributed by atoms with Gasteiger partial charge < -0.3 is 15.4 Å². The maximum atomic E-state index is 5.76. The predicted octanol–water partition coefficient (Wildman–Crippen LogP) is -0.107. The number of ether oxygens (including phenoxy) is 1. The molecule has 0 amide bonds. The molecule has 0 bridgehead atoms. The molecule has 17 heavy (non-hydrogen) atoms. The van der Waals surface area contributed by atoms with Gasteiger partial charge in [-0.2, -0.15) is 5.10 Å². The molecule has 2 N–H and O–H groups in total. The highest BCUT2D eigenvalue weighted by Gasteiger charge is 2.23. The molecule has 6 heteroatoms. The van der Waals surface area contributed by atoms with E-state index in [1.54, 1.807) is 10.7 Å². The minimum absolute atomic E-state index is 0.210. The monoisotopic (exact) mass is 233 g/mol. The summed E-state index contributed by atoms with van der Waals surface area (Å²) in [5, 5.41) is 4.13. The van der Waals surface area contributed by atoms with Crippen LogP contribution >= 0.6 is 0 Å². The molecule has 1 saturated heterocycles. The number of aromatic nitrogens is 3. The Labute approximate surface area is 99.0 Å². The van der Waals surface area contributed by atoms with Crippen molar-refractivity contribution in [1.82, 2.24) is 14.6 Å². The van der Waals surface area contributed by atoms with Crippen molar-refractivity contribution < 1.29 is 4.74 Å². The van der Waals surface area contributed by atoms with Crippen LogP contribution in [0.1, 0.15) is 0 Å². The molecule has 6 nitrogen and oxygen atoms in total. The van der Waals surface area contributed by atoms with Gasteiger partial charge in [0.15, 0.2) is 5.65 Å². The molecule has 2 aromatic rings. The third kappa shape index (κ3) is 1.85. The zero-order valence-corrected chi connectivity index (χ0v) is 9.49. The third-order valence-corrected chi connectivity index (χ3v) is 3.04. The molecular weight excluding hydrogens is 218 g/mol. The number of hydrogen-bond donors (Lipinski definition) is 1. The lowest BCUT2D eigenvalue weighted by Crippen LogP contribution is -2.49. The fraction of sp³-hybridized carbons (Fsp3) is 0.455.